The number of hydrogen-bond acceptors (Lipinski definition) is 3. The first kappa shape index (κ1) is 11.1. The number of aliphatic hydroxyl groups excluding tert-OH is 1. The van der Waals surface area contributed by atoms with Gasteiger partial charge in [-0.15, -0.1) is 0 Å². The average Bonchev–Trinajstić information content (AvgIpc) is 2.89. The van der Waals surface area contributed by atoms with E-state index in [-0.39, 0.29) is 19.1 Å². The van der Waals surface area contributed by atoms with Gasteiger partial charge < -0.3 is 15.0 Å². The normalized spacial score (nSPS) is 16.6. The number of rotatable bonds is 4. The van der Waals surface area contributed by atoms with E-state index >= 15 is 0 Å². The Morgan fingerprint density at radius 1 is 1.56 bits per heavy atom. The third-order valence-electron chi connectivity index (χ3n) is 2.90. The Morgan fingerprint density at radius 2 is 2.31 bits per heavy atom. The zero-order valence-corrected chi connectivity index (χ0v) is 9.22. The first-order valence-electron chi connectivity index (χ1n) is 5.69. The number of carbonyl (C=O) groups excluding carboxylic acids is 1. The van der Waals surface area contributed by atoms with E-state index in [0.717, 1.165) is 12.8 Å². The average molecular weight is 223 g/mol. The predicted octanol–water partition coefficient (Wildman–Crippen LogP) is 0.434. The van der Waals surface area contributed by atoms with Crippen LogP contribution in [0.1, 0.15) is 31.4 Å². The number of aliphatic hydroxyl groups is 1. The van der Waals surface area contributed by atoms with Crippen LogP contribution in [0.3, 0.4) is 0 Å². The van der Waals surface area contributed by atoms with Gasteiger partial charge in [-0.1, -0.05) is 12.8 Å². The summed E-state index contributed by atoms with van der Waals surface area (Å²) >= 11 is 0. The number of carbonyl (C=O) groups is 1. The maximum absolute atomic E-state index is 11.6. The highest BCUT2D eigenvalue weighted by Crippen LogP contribution is 2.17. The van der Waals surface area contributed by atoms with Gasteiger partial charge in [0.15, 0.2) is 0 Å². The zero-order valence-electron chi connectivity index (χ0n) is 9.22. The Kier molecular flexibility index (Phi) is 3.56. The molecule has 5 nitrogen and oxygen atoms in total. The first-order chi connectivity index (χ1) is 7.78. The quantitative estimate of drug-likeness (QED) is 0.778. The summed E-state index contributed by atoms with van der Waals surface area (Å²) in [4.78, 5) is 15.6. The third kappa shape index (κ3) is 2.82. The van der Waals surface area contributed by atoms with Crippen molar-refractivity contribution in [3.63, 3.8) is 0 Å². The molecule has 1 aromatic heterocycles. The minimum atomic E-state index is -0.0861. The lowest BCUT2D eigenvalue weighted by Crippen LogP contribution is -2.34. The van der Waals surface area contributed by atoms with Crippen LogP contribution in [0.15, 0.2) is 12.5 Å². The molecule has 0 spiro atoms. The van der Waals surface area contributed by atoms with Gasteiger partial charge in [-0.05, 0) is 12.8 Å². The van der Waals surface area contributed by atoms with Crippen molar-refractivity contribution in [3.05, 3.63) is 18.2 Å². The Morgan fingerprint density at radius 3 is 2.94 bits per heavy atom. The molecule has 1 aromatic rings. The number of imidazole rings is 1. The van der Waals surface area contributed by atoms with Gasteiger partial charge in [0.2, 0.25) is 5.91 Å². The molecule has 0 bridgehead atoms. The van der Waals surface area contributed by atoms with Crippen LogP contribution in [0, 0.1) is 0 Å². The molecular weight excluding hydrogens is 206 g/mol. The van der Waals surface area contributed by atoms with Crippen molar-refractivity contribution in [1.29, 1.82) is 0 Å². The van der Waals surface area contributed by atoms with E-state index in [4.69, 9.17) is 5.11 Å². The fourth-order valence-electron chi connectivity index (χ4n) is 2.08. The lowest BCUT2D eigenvalue weighted by molar-refractivity contribution is -0.122. The standard InChI is InChI=1S/C11H17N3O2/c15-7-10-5-14(8-12-10)6-11(16)13-9-3-1-2-4-9/h5,8-9,15H,1-4,6-7H2,(H,13,16). The number of nitrogens with zero attached hydrogens (tertiary/aromatic N) is 2. The van der Waals surface area contributed by atoms with Gasteiger partial charge in [0, 0.05) is 12.2 Å². The highest BCUT2D eigenvalue weighted by Gasteiger charge is 2.16. The maximum atomic E-state index is 11.6. The molecule has 1 aliphatic carbocycles. The largest absolute Gasteiger partial charge is 0.390 e. The highest BCUT2D eigenvalue weighted by atomic mass is 16.3. The summed E-state index contributed by atoms with van der Waals surface area (Å²) in [5, 5.41) is 11.8. The van der Waals surface area contributed by atoms with Gasteiger partial charge in [-0.2, -0.15) is 0 Å². The van der Waals surface area contributed by atoms with Crippen molar-refractivity contribution in [2.24, 2.45) is 0 Å². The van der Waals surface area contributed by atoms with Gasteiger partial charge in [-0.25, -0.2) is 4.98 Å². The molecule has 0 unspecified atom stereocenters. The van der Waals surface area contributed by atoms with Gasteiger partial charge in [0.05, 0.1) is 18.6 Å². The molecular formula is C11H17N3O2. The van der Waals surface area contributed by atoms with Gasteiger partial charge in [-0.3, -0.25) is 4.79 Å². The molecule has 2 rings (SSSR count). The maximum Gasteiger partial charge on any atom is 0.240 e. The summed E-state index contributed by atoms with van der Waals surface area (Å²) in [6.45, 7) is 0.195. The van der Waals surface area contributed by atoms with E-state index in [1.54, 1.807) is 17.1 Å². The van der Waals surface area contributed by atoms with E-state index < -0.39 is 0 Å². The van der Waals surface area contributed by atoms with Gasteiger partial charge in [0.25, 0.3) is 0 Å². The van der Waals surface area contributed by atoms with Crippen molar-refractivity contribution in [2.75, 3.05) is 0 Å². The van der Waals surface area contributed by atoms with Crippen LogP contribution in [-0.4, -0.2) is 26.6 Å². The lowest BCUT2D eigenvalue weighted by atomic mass is 10.2. The summed E-state index contributed by atoms with van der Waals surface area (Å²) < 4.78 is 1.69. The number of aromatic nitrogens is 2. The van der Waals surface area contributed by atoms with Crippen LogP contribution >= 0.6 is 0 Å². The summed E-state index contributed by atoms with van der Waals surface area (Å²) in [6.07, 6.45) is 7.87. The van der Waals surface area contributed by atoms with Crippen LogP contribution in [0.25, 0.3) is 0 Å². The molecule has 1 saturated carbocycles. The predicted molar refractivity (Wildman–Crippen MR) is 58.5 cm³/mol. The second-order valence-corrected chi connectivity index (χ2v) is 4.24. The van der Waals surface area contributed by atoms with Crippen molar-refractivity contribution in [1.82, 2.24) is 14.9 Å². The van der Waals surface area contributed by atoms with E-state index in [2.05, 4.69) is 10.3 Å². The molecule has 2 N–H and O–H groups in total. The number of nitrogens with one attached hydrogen (secondary N) is 1. The van der Waals surface area contributed by atoms with Gasteiger partial charge >= 0.3 is 0 Å². The summed E-state index contributed by atoms with van der Waals surface area (Å²) in [7, 11) is 0. The zero-order chi connectivity index (χ0) is 11.4. The fraction of sp³-hybridized carbons (Fsp3) is 0.636. The van der Waals surface area contributed by atoms with Crippen molar-refractivity contribution in [2.45, 2.75) is 44.9 Å². The Hall–Kier alpha value is -1.36. The SMILES string of the molecule is O=C(Cn1cnc(CO)c1)NC1CCCC1. The molecule has 0 aliphatic heterocycles. The molecule has 1 heterocycles. The molecule has 0 saturated heterocycles. The molecule has 1 amide bonds. The smallest absolute Gasteiger partial charge is 0.240 e. The van der Waals surface area contributed by atoms with Crippen LogP contribution in [0.4, 0.5) is 0 Å². The van der Waals surface area contributed by atoms with Crippen LogP contribution < -0.4 is 5.32 Å². The van der Waals surface area contributed by atoms with E-state index in [0.29, 0.717) is 11.7 Å². The molecule has 5 heteroatoms. The van der Waals surface area contributed by atoms with E-state index in [1.165, 1.54) is 12.8 Å². The monoisotopic (exact) mass is 223 g/mol. The summed E-state index contributed by atoms with van der Waals surface area (Å²) in [5.41, 5.74) is 0.591. The van der Waals surface area contributed by atoms with Gasteiger partial charge in [0.1, 0.15) is 6.54 Å². The van der Waals surface area contributed by atoms with Crippen molar-refractivity contribution >= 4 is 5.91 Å². The molecule has 0 aromatic carbocycles. The lowest BCUT2D eigenvalue weighted by Gasteiger charge is -2.11. The molecule has 1 aliphatic rings. The van der Waals surface area contributed by atoms with Crippen LogP contribution in [0.2, 0.25) is 0 Å². The summed E-state index contributed by atoms with van der Waals surface area (Å²) in [5.74, 6) is 0.0220. The van der Waals surface area contributed by atoms with Crippen LogP contribution in [0.5, 0.6) is 0 Å². The molecule has 0 radical (unpaired) electrons. The number of hydrogen-bond donors (Lipinski definition) is 2. The fourth-order valence-corrected chi connectivity index (χ4v) is 2.08. The topological polar surface area (TPSA) is 67.2 Å². The number of amides is 1. The highest BCUT2D eigenvalue weighted by molar-refractivity contribution is 5.76. The Balaban J connectivity index is 1.81. The molecule has 88 valence electrons. The molecule has 0 atom stereocenters. The second kappa shape index (κ2) is 5.12. The molecule has 1 fully saturated rings. The Bertz CT molecular complexity index is 356. The second-order valence-electron chi connectivity index (χ2n) is 4.24. The van der Waals surface area contributed by atoms with Crippen molar-refractivity contribution < 1.29 is 9.90 Å². The minimum absolute atomic E-state index is 0.0220. The first-order valence-corrected chi connectivity index (χ1v) is 5.69. The Labute approximate surface area is 94.5 Å². The molecule has 16 heavy (non-hydrogen) atoms. The van der Waals surface area contributed by atoms with E-state index in [1.807, 2.05) is 0 Å². The van der Waals surface area contributed by atoms with Crippen LogP contribution in [-0.2, 0) is 17.9 Å². The van der Waals surface area contributed by atoms with E-state index in [9.17, 15) is 4.79 Å². The minimum Gasteiger partial charge on any atom is -0.390 e. The van der Waals surface area contributed by atoms with Crippen molar-refractivity contribution in [3.8, 4) is 0 Å². The third-order valence-corrected chi connectivity index (χ3v) is 2.90. The summed E-state index contributed by atoms with van der Waals surface area (Å²) in [6, 6.07) is 0.355.